The normalized spacial score (nSPS) is 15.6. The first-order valence-corrected chi connectivity index (χ1v) is 11.9. The number of anilines is 1. The van der Waals surface area contributed by atoms with Crippen molar-refractivity contribution < 1.29 is 15.0 Å². The molecule has 2 N–H and O–H groups in total. The van der Waals surface area contributed by atoms with Crippen molar-refractivity contribution in [3.05, 3.63) is 54.1 Å². The van der Waals surface area contributed by atoms with Gasteiger partial charge in [0.2, 0.25) is 0 Å². The molecule has 0 saturated carbocycles. The zero-order valence-corrected chi connectivity index (χ0v) is 21.2. The fourth-order valence-corrected chi connectivity index (χ4v) is 4.16. The van der Waals surface area contributed by atoms with Gasteiger partial charge in [0.25, 0.3) is 0 Å². The van der Waals surface area contributed by atoms with Crippen molar-refractivity contribution >= 4 is 22.4 Å². The van der Waals surface area contributed by atoms with E-state index in [0.29, 0.717) is 5.41 Å². The highest BCUT2D eigenvalue weighted by molar-refractivity contribution is 5.91. The Morgan fingerprint density at radius 3 is 2.35 bits per heavy atom. The summed E-state index contributed by atoms with van der Waals surface area (Å²) < 4.78 is 0. The Kier molecular flexibility index (Phi) is 7.61. The Balaban J connectivity index is 0.000000588. The lowest BCUT2D eigenvalue weighted by atomic mass is 9.82. The number of hydrogen-bond acceptors (Lipinski definition) is 5. The second-order valence-electron chi connectivity index (χ2n) is 10.9. The van der Waals surface area contributed by atoms with E-state index in [1.807, 2.05) is 25.4 Å². The molecule has 6 nitrogen and oxygen atoms in total. The summed E-state index contributed by atoms with van der Waals surface area (Å²) in [5.41, 5.74) is 4.50. The van der Waals surface area contributed by atoms with Crippen molar-refractivity contribution in [2.45, 2.75) is 66.4 Å². The van der Waals surface area contributed by atoms with Gasteiger partial charge in [0.1, 0.15) is 0 Å². The molecule has 3 aromatic rings. The highest BCUT2D eigenvalue weighted by Crippen LogP contribution is 2.40. The summed E-state index contributed by atoms with van der Waals surface area (Å²) >= 11 is 0. The fraction of sp³-hybridized carbons (Fsp3) is 0.464. The average Bonchev–Trinajstić information content (AvgIpc) is 2.73. The van der Waals surface area contributed by atoms with E-state index in [9.17, 15) is 9.90 Å². The molecule has 0 amide bonds. The van der Waals surface area contributed by atoms with E-state index in [-0.39, 0.29) is 6.42 Å². The zero-order valence-electron chi connectivity index (χ0n) is 21.2. The standard InChI is InChI=1S/C24H27N3O2.C4H10O/c1-16-20(13-22(28)29)23(27-10-7-24(2,3)8-11-27)21(15-26-16)18-5-4-17-6-9-25-14-19(17)12-18;1-4(2,3)5/h4-6,9,12,14-15H,7-8,10-11,13H2,1-3H3,(H,28,29);5H,1-3H3. The molecule has 0 spiro atoms. The smallest absolute Gasteiger partial charge is 0.307 e. The van der Waals surface area contributed by atoms with Crippen molar-refractivity contribution in [3.63, 3.8) is 0 Å². The number of aliphatic carboxylic acids is 1. The van der Waals surface area contributed by atoms with Crippen LogP contribution in [0.1, 0.15) is 58.7 Å². The average molecular weight is 464 g/mol. The number of nitrogens with zero attached hydrogens (tertiary/aromatic N) is 3. The maximum atomic E-state index is 11.6. The number of carboxylic acids is 1. The summed E-state index contributed by atoms with van der Waals surface area (Å²) in [6.45, 7) is 13.6. The number of aryl methyl sites for hydroxylation is 1. The highest BCUT2D eigenvalue weighted by Gasteiger charge is 2.29. The third-order valence-corrected chi connectivity index (χ3v) is 6.08. The number of rotatable bonds is 4. The van der Waals surface area contributed by atoms with Gasteiger partial charge in [-0.1, -0.05) is 26.0 Å². The molecule has 1 aromatic carbocycles. The molecule has 3 heterocycles. The highest BCUT2D eigenvalue weighted by atomic mass is 16.4. The fourth-order valence-electron chi connectivity index (χ4n) is 4.16. The minimum Gasteiger partial charge on any atom is -0.481 e. The largest absolute Gasteiger partial charge is 0.481 e. The van der Waals surface area contributed by atoms with Gasteiger partial charge in [-0.25, -0.2) is 0 Å². The minimum atomic E-state index is -0.826. The molecule has 1 saturated heterocycles. The molecule has 0 atom stereocenters. The third kappa shape index (κ3) is 6.76. The van der Waals surface area contributed by atoms with Crippen LogP contribution < -0.4 is 4.90 Å². The van der Waals surface area contributed by atoms with Crippen LogP contribution in [0.4, 0.5) is 5.69 Å². The lowest BCUT2D eigenvalue weighted by Crippen LogP contribution is -2.38. The van der Waals surface area contributed by atoms with E-state index < -0.39 is 11.6 Å². The summed E-state index contributed by atoms with van der Waals surface area (Å²) in [6, 6.07) is 8.30. The van der Waals surface area contributed by atoms with Gasteiger partial charge in [-0.05, 0) is 69.0 Å². The zero-order chi connectivity index (χ0) is 25.1. The van der Waals surface area contributed by atoms with Crippen molar-refractivity contribution in [1.29, 1.82) is 0 Å². The number of benzene rings is 1. The van der Waals surface area contributed by atoms with E-state index in [1.54, 1.807) is 27.0 Å². The van der Waals surface area contributed by atoms with E-state index in [0.717, 1.165) is 64.8 Å². The van der Waals surface area contributed by atoms with Crippen molar-refractivity contribution in [1.82, 2.24) is 9.97 Å². The van der Waals surface area contributed by atoms with Crippen LogP contribution in [0.3, 0.4) is 0 Å². The monoisotopic (exact) mass is 463 g/mol. The first-order chi connectivity index (χ1) is 15.8. The van der Waals surface area contributed by atoms with Gasteiger partial charge in [-0.15, -0.1) is 0 Å². The molecular weight excluding hydrogens is 426 g/mol. The molecular formula is C28H37N3O3. The van der Waals surface area contributed by atoms with E-state index in [1.165, 1.54) is 0 Å². The maximum Gasteiger partial charge on any atom is 0.307 e. The van der Waals surface area contributed by atoms with Crippen LogP contribution in [0.25, 0.3) is 21.9 Å². The van der Waals surface area contributed by atoms with Crippen molar-refractivity contribution in [3.8, 4) is 11.1 Å². The predicted octanol–water partition coefficient (Wildman–Crippen LogP) is 5.64. The van der Waals surface area contributed by atoms with Gasteiger partial charge in [-0.3, -0.25) is 14.8 Å². The van der Waals surface area contributed by atoms with Crippen LogP contribution in [0.2, 0.25) is 0 Å². The van der Waals surface area contributed by atoms with Gasteiger partial charge < -0.3 is 15.1 Å². The third-order valence-electron chi connectivity index (χ3n) is 6.08. The summed E-state index contributed by atoms with van der Waals surface area (Å²) in [5.74, 6) is -0.826. The number of piperidine rings is 1. The van der Waals surface area contributed by atoms with Crippen LogP contribution >= 0.6 is 0 Å². The molecule has 6 heteroatoms. The number of fused-ring (bicyclic) bond motifs is 1. The minimum absolute atomic E-state index is 0.0168. The Morgan fingerprint density at radius 1 is 1.09 bits per heavy atom. The number of aliphatic hydroxyl groups is 1. The van der Waals surface area contributed by atoms with Crippen LogP contribution in [0.5, 0.6) is 0 Å². The van der Waals surface area contributed by atoms with E-state index >= 15 is 0 Å². The molecule has 0 aliphatic carbocycles. The Morgan fingerprint density at radius 2 is 1.74 bits per heavy atom. The molecule has 0 radical (unpaired) electrons. The first-order valence-electron chi connectivity index (χ1n) is 11.9. The van der Waals surface area contributed by atoms with E-state index in [2.05, 4.69) is 46.9 Å². The first kappa shape index (κ1) is 25.6. The van der Waals surface area contributed by atoms with Gasteiger partial charge >= 0.3 is 5.97 Å². The molecule has 1 aliphatic heterocycles. The van der Waals surface area contributed by atoms with Crippen molar-refractivity contribution in [2.75, 3.05) is 18.0 Å². The Labute approximate surface area is 202 Å². The lowest BCUT2D eigenvalue weighted by Gasteiger charge is -2.40. The van der Waals surface area contributed by atoms with Crippen LogP contribution in [0, 0.1) is 12.3 Å². The Bertz CT molecular complexity index is 1150. The molecule has 0 unspecified atom stereocenters. The number of hydrogen-bond donors (Lipinski definition) is 2. The van der Waals surface area contributed by atoms with Gasteiger partial charge in [0, 0.05) is 53.9 Å². The maximum absolute atomic E-state index is 11.6. The molecule has 0 bridgehead atoms. The predicted molar refractivity (Wildman–Crippen MR) is 138 cm³/mol. The Hall–Kier alpha value is -2.99. The molecule has 34 heavy (non-hydrogen) atoms. The molecule has 182 valence electrons. The molecule has 1 fully saturated rings. The van der Waals surface area contributed by atoms with Crippen LogP contribution in [-0.4, -0.2) is 44.8 Å². The van der Waals surface area contributed by atoms with Gasteiger partial charge in [0.05, 0.1) is 17.7 Å². The van der Waals surface area contributed by atoms with Crippen molar-refractivity contribution in [2.24, 2.45) is 5.41 Å². The number of pyridine rings is 2. The summed E-state index contributed by atoms with van der Waals surface area (Å²) in [7, 11) is 0. The van der Waals surface area contributed by atoms with Crippen LogP contribution in [0.15, 0.2) is 42.9 Å². The number of aromatic nitrogens is 2. The summed E-state index contributed by atoms with van der Waals surface area (Å²) in [5, 5.41) is 20.3. The van der Waals surface area contributed by atoms with Gasteiger partial charge in [-0.2, -0.15) is 0 Å². The number of carboxylic acid groups (broad SMARTS) is 1. The summed E-state index contributed by atoms with van der Waals surface area (Å²) in [6.07, 6.45) is 7.71. The van der Waals surface area contributed by atoms with Gasteiger partial charge in [0.15, 0.2) is 0 Å². The second-order valence-corrected chi connectivity index (χ2v) is 10.9. The molecule has 1 aliphatic rings. The lowest BCUT2D eigenvalue weighted by molar-refractivity contribution is -0.136. The molecule has 2 aromatic heterocycles. The topological polar surface area (TPSA) is 86.6 Å². The van der Waals surface area contributed by atoms with Crippen LogP contribution in [-0.2, 0) is 11.2 Å². The quantitative estimate of drug-likeness (QED) is 0.521. The molecule has 4 rings (SSSR count). The van der Waals surface area contributed by atoms with E-state index in [4.69, 9.17) is 5.11 Å². The second kappa shape index (κ2) is 10.1. The number of carbonyl (C=O) groups is 1. The SMILES string of the molecule is CC(C)(C)O.Cc1ncc(-c2ccc3ccncc3c2)c(N2CCC(C)(C)CC2)c1CC(=O)O. The summed E-state index contributed by atoms with van der Waals surface area (Å²) in [4.78, 5) is 22.8.